The largest absolute Gasteiger partial charge is 0.399 e. The first-order chi connectivity index (χ1) is 9.14. The molecule has 0 atom stereocenters. The van der Waals surface area contributed by atoms with Gasteiger partial charge in [0.2, 0.25) is 0 Å². The highest BCUT2D eigenvalue weighted by atomic mass is 32.2. The highest BCUT2D eigenvalue weighted by molar-refractivity contribution is 7.87. The van der Waals surface area contributed by atoms with E-state index in [0.717, 1.165) is 12.0 Å². The number of nitrogen functional groups attached to an aromatic ring is 1. The van der Waals surface area contributed by atoms with Crippen LogP contribution < -0.4 is 10.5 Å². The molecule has 0 saturated carbocycles. The zero-order chi connectivity index (χ0) is 15.4. The minimum Gasteiger partial charge on any atom is -0.399 e. The third kappa shape index (κ3) is 5.48. The number of hydrogen-bond acceptors (Lipinski definition) is 3. The van der Waals surface area contributed by atoms with Crippen molar-refractivity contribution in [2.75, 3.05) is 12.3 Å². The molecule has 114 valence electrons. The van der Waals surface area contributed by atoms with Crippen molar-refractivity contribution in [1.29, 1.82) is 0 Å². The van der Waals surface area contributed by atoms with Gasteiger partial charge in [0.25, 0.3) is 10.2 Å². The summed E-state index contributed by atoms with van der Waals surface area (Å²) in [6.45, 7) is 8.24. The van der Waals surface area contributed by atoms with Crippen LogP contribution in [0.5, 0.6) is 0 Å². The fourth-order valence-electron chi connectivity index (χ4n) is 1.88. The van der Waals surface area contributed by atoms with E-state index in [1.165, 1.54) is 4.31 Å². The second-order valence-electron chi connectivity index (χ2n) is 5.94. The minimum absolute atomic E-state index is 0.324. The SMILES string of the molecule is CCCN(Cc1cccc(N)c1)S(=O)(=O)NC(C)(C)C. The molecular weight excluding hydrogens is 274 g/mol. The molecule has 5 nitrogen and oxygen atoms in total. The van der Waals surface area contributed by atoms with Gasteiger partial charge in [-0.2, -0.15) is 17.4 Å². The van der Waals surface area contributed by atoms with Crippen molar-refractivity contribution in [2.24, 2.45) is 0 Å². The summed E-state index contributed by atoms with van der Waals surface area (Å²) < 4.78 is 29.0. The van der Waals surface area contributed by atoms with E-state index in [9.17, 15) is 8.42 Å². The molecule has 0 radical (unpaired) electrons. The summed E-state index contributed by atoms with van der Waals surface area (Å²) in [7, 11) is -3.51. The molecule has 0 bridgehead atoms. The van der Waals surface area contributed by atoms with Crippen molar-refractivity contribution in [3.05, 3.63) is 29.8 Å². The molecule has 0 unspecified atom stereocenters. The molecular formula is C14H25N3O2S. The van der Waals surface area contributed by atoms with Crippen LogP contribution in [0.1, 0.15) is 39.7 Å². The number of anilines is 1. The number of rotatable bonds is 6. The Kier molecular flexibility index (Phi) is 5.56. The topological polar surface area (TPSA) is 75.4 Å². The highest BCUT2D eigenvalue weighted by Gasteiger charge is 2.26. The monoisotopic (exact) mass is 299 g/mol. The predicted molar refractivity (Wildman–Crippen MR) is 83.4 cm³/mol. The Hall–Kier alpha value is -1.11. The van der Waals surface area contributed by atoms with E-state index in [1.54, 1.807) is 12.1 Å². The van der Waals surface area contributed by atoms with Gasteiger partial charge in [0.1, 0.15) is 0 Å². The molecule has 0 amide bonds. The normalized spacial score (nSPS) is 12.8. The van der Waals surface area contributed by atoms with Gasteiger partial charge in [-0.15, -0.1) is 0 Å². The van der Waals surface area contributed by atoms with Crippen molar-refractivity contribution in [3.63, 3.8) is 0 Å². The standard InChI is InChI=1S/C14H25N3O2S/c1-5-9-17(20(18,19)16-14(2,3)4)11-12-7-6-8-13(15)10-12/h6-8,10,16H,5,9,11,15H2,1-4H3. The van der Waals surface area contributed by atoms with Gasteiger partial charge < -0.3 is 5.73 Å². The van der Waals surface area contributed by atoms with Crippen LogP contribution in [0.2, 0.25) is 0 Å². The lowest BCUT2D eigenvalue weighted by Crippen LogP contribution is -2.48. The quantitative estimate of drug-likeness (QED) is 0.790. The molecule has 0 aliphatic carbocycles. The number of nitrogens with zero attached hydrogens (tertiary/aromatic N) is 1. The lowest BCUT2D eigenvalue weighted by atomic mass is 10.1. The Labute approximate surface area is 122 Å². The van der Waals surface area contributed by atoms with E-state index in [4.69, 9.17) is 5.73 Å². The second kappa shape index (κ2) is 6.56. The molecule has 0 aliphatic heterocycles. The summed E-state index contributed by atoms with van der Waals surface area (Å²) >= 11 is 0. The van der Waals surface area contributed by atoms with Gasteiger partial charge in [0.05, 0.1) is 0 Å². The Morgan fingerprint density at radius 2 is 1.95 bits per heavy atom. The Morgan fingerprint density at radius 1 is 1.30 bits per heavy atom. The molecule has 0 spiro atoms. The van der Waals surface area contributed by atoms with Gasteiger partial charge >= 0.3 is 0 Å². The molecule has 3 N–H and O–H groups in total. The summed E-state index contributed by atoms with van der Waals surface area (Å²) in [6, 6.07) is 7.30. The van der Waals surface area contributed by atoms with Crippen LogP contribution in [0.25, 0.3) is 0 Å². The fourth-order valence-corrected chi connectivity index (χ4v) is 3.53. The van der Waals surface area contributed by atoms with Gasteiger partial charge in [0.15, 0.2) is 0 Å². The summed E-state index contributed by atoms with van der Waals surface area (Å²) in [5.74, 6) is 0. The maximum absolute atomic E-state index is 12.4. The van der Waals surface area contributed by atoms with E-state index in [0.29, 0.717) is 18.8 Å². The van der Waals surface area contributed by atoms with Gasteiger partial charge in [-0.3, -0.25) is 0 Å². The van der Waals surface area contributed by atoms with Crippen molar-refractivity contribution in [2.45, 2.75) is 46.2 Å². The molecule has 0 aromatic heterocycles. The van der Waals surface area contributed by atoms with Crippen molar-refractivity contribution < 1.29 is 8.42 Å². The van der Waals surface area contributed by atoms with Crippen LogP contribution in [-0.4, -0.2) is 24.8 Å². The van der Waals surface area contributed by atoms with Gasteiger partial charge in [0, 0.05) is 24.3 Å². The smallest absolute Gasteiger partial charge is 0.280 e. The number of nitrogens with one attached hydrogen (secondary N) is 1. The summed E-state index contributed by atoms with van der Waals surface area (Å²) in [5.41, 5.74) is 6.76. The zero-order valence-electron chi connectivity index (χ0n) is 12.7. The van der Waals surface area contributed by atoms with E-state index < -0.39 is 15.7 Å². The van der Waals surface area contributed by atoms with Crippen LogP contribution in [-0.2, 0) is 16.8 Å². The highest BCUT2D eigenvalue weighted by Crippen LogP contribution is 2.14. The third-order valence-electron chi connectivity index (χ3n) is 2.56. The average Bonchev–Trinajstić information content (AvgIpc) is 2.25. The molecule has 1 aromatic carbocycles. The molecule has 20 heavy (non-hydrogen) atoms. The van der Waals surface area contributed by atoms with Crippen LogP contribution in [0.3, 0.4) is 0 Å². The Bertz CT molecular complexity index is 536. The van der Waals surface area contributed by atoms with Gasteiger partial charge in [-0.1, -0.05) is 19.1 Å². The predicted octanol–water partition coefficient (Wildman–Crippen LogP) is 2.11. The lowest BCUT2D eigenvalue weighted by Gasteiger charge is -2.27. The van der Waals surface area contributed by atoms with Crippen LogP contribution in [0.15, 0.2) is 24.3 Å². The first-order valence-electron chi connectivity index (χ1n) is 6.77. The Balaban J connectivity index is 2.94. The van der Waals surface area contributed by atoms with E-state index in [2.05, 4.69) is 4.72 Å². The fraction of sp³-hybridized carbons (Fsp3) is 0.571. The number of benzene rings is 1. The Morgan fingerprint density at radius 3 is 2.45 bits per heavy atom. The maximum atomic E-state index is 12.4. The van der Waals surface area contributed by atoms with Crippen molar-refractivity contribution >= 4 is 15.9 Å². The van der Waals surface area contributed by atoms with E-state index in [-0.39, 0.29) is 0 Å². The molecule has 1 aromatic rings. The van der Waals surface area contributed by atoms with Crippen LogP contribution in [0.4, 0.5) is 5.69 Å². The summed E-state index contributed by atoms with van der Waals surface area (Å²) in [5, 5.41) is 0. The first-order valence-corrected chi connectivity index (χ1v) is 8.21. The first kappa shape index (κ1) is 16.9. The molecule has 6 heteroatoms. The van der Waals surface area contributed by atoms with E-state index >= 15 is 0 Å². The van der Waals surface area contributed by atoms with E-state index in [1.807, 2.05) is 39.8 Å². The number of nitrogens with two attached hydrogens (primary N) is 1. The molecule has 0 heterocycles. The minimum atomic E-state index is -3.51. The third-order valence-corrected chi connectivity index (χ3v) is 4.42. The second-order valence-corrected chi connectivity index (χ2v) is 7.61. The van der Waals surface area contributed by atoms with Gasteiger partial charge in [-0.05, 0) is 44.9 Å². The van der Waals surface area contributed by atoms with Crippen molar-refractivity contribution in [1.82, 2.24) is 9.03 Å². The molecule has 0 fully saturated rings. The van der Waals surface area contributed by atoms with Crippen LogP contribution >= 0.6 is 0 Å². The summed E-state index contributed by atoms with van der Waals surface area (Å²) in [6.07, 6.45) is 0.757. The zero-order valence-corrected chi connectivity index (χ0v) is 13.5. The van der Waals surface area contributed by atoms with Gasteiger partial charge in [-0.25, -0.2) is 0 Å². The van der Waals surface area contributed by atoms with Crippen LogP contribution in [0, 0.1) is 0 Å². The molecule has 1 rings (SSSR count). The van der Waals surface area contributed by atoms with Crippen molar-refractivity contribution in [3.8, 4) is 0 Å². The molecule has 0 aliphatic rings. The molecule has 0 saturated heterocycles. The number of hydrogen-bond donors (Lipinski definition) is 2. The maximum Gasteiger partial charge on any atom is 0.280 e. The lowest BCUT2D eigenvalue weighted by molar-refractivity contribution is 0.379. The summed E-state index contributed by atoms with van der Waals surface area (Å²) in [4.78, 5) is 0. The average molecular weight is 299 g/mol.